The Labute approximate surface area is 108 Å². The molecule has 0 unspecified atom stereocenters. The minimum atomic E-state index is -0.516. The van der Waals surface area contributed by atoms with Gasteiger partial charge in [0.05, 0.1) is 11.8 Å². The molecule has 1 rings (SSSR count). The largest absolute Gasteiger partial charge is 0.489 e. The van der Waals surface area contributed by atoms with Gasteiger partial charge < -0.3 is 9.47 Å². The van der Waals surface area contributed by atoms with Crippen LogP contribution in [0.3, 0.4) is 0 Å². The van der Waals surface area contributed by atoms with Crippen LogP contribution in [0.4, 0.5) is 10.5 Å². The molecule has 0 atom stereocenters. The Morgan fingerprint density at radius 1 is 1.22 bits per heavy atom. The number of ether oxygens (including phenoxy) is 2. The van der Waals surface area contributed by atoms with Gasteiger partial charge in [0, 0.05) is 0 Å². The lowest BCUT2D eigenvalue weighted by atomic mass is 10.2. The van der Waals surface area contributed by atoms with E-state index in [0.29, 0.717) is 11.4 Å². The molecule has 0 bridgehead atoms. The van der Waals surface area contributed by atoms with Gasteiger partial charge in [-0.25, -0.2) is 4.79 Å². The van der Waals surface area contributed by atoms with Crippen LogP contribution in [0.25, 0.3) is 0 Å². The minimum Gasteiger partial charge on any atom is -0.489 e. The first kappa shape index (κ1) is 14.4. The topological polar surface area (TPSA) is 47.6 Å². The van der Waals surface area contributed by atoms with Gasteiger partial charge in [-0.05, 0) is 46.8 Å². The Morgan fingerprint density at radius 3 is 2.39 bits per heavy atom. The van der Waals surface area contributed by atoms with Crippen molar-refractivity contribution in [1.29, 1.82) is 0 Å². The number of para-hydroxylation sites is 2. The Morgan fingerprint density at radius 2 is 1.83 bits per heavy atom. The second kappa shape index (κ2) is 5.76. The van der Waals surface area contributed by atoms with Crippen molar-refractivity contribution in [2.45, 2.75) is 46.3 Å². The fourth-order valence-corrected chi connectivity index (χ4v) is 1.34. The first-order valence-electron chi connectivity index (χ1n) is 6.03. The number of carbonyl (C=O) groups excluding carboxylic acids is 1. The van der Waals surface area contributed by atoms with Gasteiger partial charge in [0.15, 0.2) is 0 Å². The molecular weight excluding hydrogens is 230 g/mol. The van der Waals surface area contributed by atoms with Crippen LogP contribution in [0.15, 0.2) is 24.3 Å². The van der Waals surface area contributed by atoms with Gasteiger partial charge in [-0.2, -0.15) is 0 Å². The van der Waals surface area contributed by atoms with Crippen molar-refractivity contribution in [2.75, 3.05) is 5.32 Å². The molecule has 0 fully saturated rings. The van der Waals surface area contributed by atoms with Gasteiger partial charge in [-0.3, -0.25) is 5.32 Å². The van der Waals surface area contributed by atoms with E-state index in [1.807, 2.05) is 52.8 Å². The molecule has 18 heavy (non-hydrogen) atoms. The lowest BCUT2D eigenvalue weighted by Crippen LogP contribution is -2.27. The number of rotatable bonds is 3. The standard InChI is InChI=1S/C14H21NO3/c1-10(2)17-12-9-7-6-8-11(12)15-13(16)18-14(3,4)5/h6-10H,1-5H3,(H,15,16). The smallest absolute Gasteiger partial charge is 0.412 e. The van der Waals surface area contributed by atoms with E-state index in [4.69, 9.17) is 9.47 Å². The molecule has 4 nitrogen and oxygen atoms in total. The highest BCUT2D eigenvalue weighted by atomic mass is 16.6. The van der Waals surface area contributed by atoms with E-state index in [-0.39, 0.29) is 6.10 Å². The summed E-state index contributed by atoms with van der Waals surface area (Å²) >= 11 is 0. The van der Waals surface area contributed by atoms with Gasteiger partial charge in [0.2, 0.25) is 0 Å². The Balaban J connectivity index is 2.75. The third kappa shape index (κ3) is 5.08. The highest BCUT2D eigenvalue weighted by Crippen LogP contribution is 2.25. The minimum absolute atomic E-state index is 0.0478. The number of hydrogen-bond donors (Lipinski definition) is 1. The Hall–Kier alpha value is -1.71. The van der Waals surface area contributed by atoms with Crippen LogP contribution < -0.4 is 10.1 Å². The monoisotopic (exact) mass is 251 g/mol. The summed E-state index contributed by atoms with van der Waals surface area (Å²) < 4.78 is 10.8. The summed E-state index contributed by atoms with van der Waals surface area (Å²) in [4.78, 5) is 11.7. The number of nitrogens with one attached hydrogen (secondary N) is 1. The summed E-state index contributed by atoms with van der Waals surface area (Å²) in [6.07, 6.45) is -0.436. The molecule has 0 radical (unpaired) electrons. The van der Waals surface area contributed by atoms with Gasteiger partial charge in [0.25, 0.3) is 0 Å². The second-order valence-electron chi connectivity index (χ2n) is 5.29. The molecule has 0 aliphatic carbocycles. The molecular formula is C14H21NO3. The van der Waals surface area contributed by atoms with Crippen molar-refractivity contribution in [3.63, 3.8) is 0 Å². The van der Waals surface area contributed by atoms with Crippen LogP contribution in [-0.2, 0) is 4.74 Å². The number of amides is 1. The van der Waals surface area contributed by atoms with E-state index in [1.54, 1.807) is 6.07 Å². The van der Waals surface area contributed by atoms with Crippen molar-refractivity contribution in [2.24, 2.45) is 0 Å². The average Bonchev–Trinajstić information content (AvgIpc) is 2.17. The van der Waals surface area contributed by atoms with E-state index in [0.717, 1.165) is 0 Å². The van der Waals surface area contributed by atoms with Gasteiger partial charge >= 0.3 is 6.09 Å². The normalized spacial score (nSPS) is 11.2. The molecule has 100 valence electrons. The first-order chi connectivity index (χ1) is 8.28. The predicted octanol–water partition coefficient (Wildman–Crippen LogP) is 3.82. The second-order valence-corrected chi connectivity index (χ2v) is 5.29. The van der Waals surface area contributed by atoms with Gasteiger partial charge in [-0.1, -0.05) is 12.1 Å². The van der Waals surface area contributed by atoms with Crippen molar-refractivity contribution in [3.8, 4) is 5.75 Å². The van der Waals surface area contributed by atoms with Crippen molar-refractivity contribution < 1.29 is 14.3 Å². The first-order valence-corrected chi connectivity index (χ1v) is 6.03. The maximum absolute atomic E-state index is 11.7. The summed E-state index contributed by atoms with van der Waals surface area (Å²) in [5, 5.41) is 2.69. The highest BCUT2D eigenvalue weighted by Gasteiger charge is 2.17. The van der Waals surface area contributed by atoms with E-state index in [9.17, 15) is 4.79 Å². The zero-order valence-corrected chi connectivity index (χ0v) is 11.6. The number of carbonyl (C=O) groups is 1. The maximum atomic E-state index is 11.7. The van der Waals surface area contributed by atoms with Crippen LogP contribution in [-0.4, -0.2) is 17.8 Å². The third-order valence-corrected chi connectivity index (χ3v) is 1.89. The average molecular weight is 251 g/mol. The molecule has 0 heterocycles. The molecule has 1 amide bonds. The summed E-state index contributed by atoms with van der Waals surface area (Å²) in [5.74, 6) is 0.637. The van der Waals surface area contributed by atoms with E-state index >= 15 is 0 Å². The summed E-state index contributed by atoms with van der Waals surface area (Å²) in [6, 6.07) is 7.28. The summed E-state index contributed by atoms with van der Waals surface area (Å²) in [5.41, 5.74) is 0.0956. The van der Waals surface area contributed by atoms with E-state index in [1.165, 1.54) is 0 Å². The molecule has 0 saturated carbocycles. The van der Waals surface area contributed by atoms with Crippen molar-refractivity contribution in [1.82, 2.24) is 0 Å². The van der Waals surface area contributed by atoms with E-state index in [2.05, 4.69) is 5.32 Å². The number of anilines is 1. The summed E-state index contributed by atoms with van der Waals surface area (Å²) in [7, 11) is 0. The van der Waals surface area contributed by atoms with Crippen LogP contribution in [0, 0.1) is 0 Å². The number of benzene rings is 1. The lowest BCUT2D eigenvalue weighted by Gasteiger charge is -2.20. The molecule has 4 heteroatoms. The molecule has 1 N–H and O–H groups in total. The molecule has 0 aromatic heterocycles. The quantitative estimate of drug-likeness (QED) is 0.888. The zero-order valence-electron chi connectivity index (χ0n) is 11.6. The zero-order chi connectivity index (χ0) is 13.8. The Bertz CT molecular complexity index is 408. The van der Waals surface area contributed by atoms with Crippen molar-refractivity contribution in [3.05, 3.63) is 24.3 Å². The molecule has 1 aromatic carbocycles. The fourth-order valence-electron chi connectivity index (χ4n) is 1.34. The Kier molecular flexibility index (Phi) is 4.59. The van der Waals surface area contributed by atoms with Crippen LogP contribution in [0.5, 0.6) is 5.75 Å². The van der Waals surface area contributed by atoms with Crippen LogP contribution in [0.1, 0.15) is 34.6 Å². The summed E-state index contributed by atoms with van der Waals surface area (Å²) in [6.45, 7) is 9.34. The number of hydrogen-bond acceptors (Lipinski definition) is 3. The van der Waals surface area contributed by atoms with Crippen molar-refractivity contribution >= 4 is 11.8 Å². The van der Waals surface area contributed by atoms with Crippen LogP contribution >= 0.6 is 0 Å². The van der Waals surface area contributed by atoms with Gasteiger partial charge in [-0.15, -0.1) is 0 Å². The SMILES string of the molecule is CC(C)Oc1ccccc1NC(=O)OC(C)(C)C. The molecule has 1 aromatic rings. The highest BCUT2D eigenvalue weighted by molar-refractivity contribution is 5.86. The van der Waals surface area contributed by atoms with Gasteiger partial charge in [0.1, 0.15) is 11.4 Å². The predicted molar refractivity (Wildman–Crippen MR) is 72.1 cm³/mol. The molecule has 0 saturated heterocycles. The van der Waals surface area contributed by atoms with Crippen LogP contribution in [0.2, 0.25) is 0 Å². The van der Waals surface area contributed by atoms with E-state index < -0.39 is 11.7 Å². The fraction of sp³-hybridized carbons (Fsp3) is 0.500. The third-order valence-electron chi connectivity index (χ3n) is 1.89. The molecule has 0 spiro atoms. The maximum Gasteiger partial charge on any atom is 0.412 e. The lowest BCUT2D eigenvalue weighted by molar-refractivity contribution is 0.0635. The molecule has 0 aliphatic rings. The molecule has 0 aliphatic heterocycles.